The molecular formula is C12H25N. The van der Waals surface area contributed by atoms with E-state index in [9.17, 15) is 0 Å². The van der Waals surface area contributed by atoms with Crippen molar-refractivity contribution in [1.29, 1.82) is 0 Å². The second kappa shape index (κ2) is 3.61. The molecule has 0 spiro atoms. The van der Waals surface area contributed by atoms with Crippen molar-refractivity contribution in [3.63, 3.8) is 0 Å². The van der Waals surface area contributed by atoms with Gasteiger partial charge in [-0.2, -0.15) is 0 Å². The van der Waals surface area contributed by atoms with E-state index in [1.165, 1.54) is 25.8 Å². The summed E-state index contributed by atoms with van der Waals surface area (Å²) < 4.78 is 0. The van der Waals surface area contributed by atoms with Gasteiger partial charge in [-0.1, -0.05) is 34.1 Å². The Morgan fingerprint density at radius 2 is 1.92 bits per heavy atom. The van der Waals surface area contributed by atoms with E-state index >= 15 is 0 Å². The van der Waals surface area contributed by atoms with E-state index in [-0.39, 0.29) is 0 Å². The first-order valence-corrected chi connectivity index (χ1v) is 5.69. The van der Waals surface area contributed by atoms with Crippen molar-refractivity contribution in [2.45, 2.75) is 59.4 Å². The van der Waals surface area contributed by atoms with Gasteiger partial charge in [0.25, 0.3) is 0 Å². The predicted molar refractivity (Wildman–Crippen MR) is 58.9 cm³/mol. The first kappa shape index (κ1) is 11.0. The summed E-state index contributed by atoms with van der Waals surface area (Å²) in [6.07, 6.45) is 3.93. The molecule has 1 aliphatic rings. The average Bonchev–Trinajstić information content (AvgIpc) is 2.05. The minimum absolute atomic E-state index is 0.390. The highest BCUT2D eigenvalue weighted by molar-refractivity contribution is 5.09. The van der Waals surface area contributed by atoms with Gasteiger partial charge in [0.1, 0.15) is 0 Å². The Kier molecular flexibility index (Phi) is 3.06. The number of nitrogens with one attached hydrogen (secondary N) is 1. The second-order valence-electron chi connectivity index (χ2n) is 5.44. The first-order chi connectivity index (χ1) is 5.94. The molecule has 1 aliphatic carbocycles. The van der Waals surface area contributed by atoms with E-state index in [0.717, 1.165) is 5.92 Å². The molecule has 2 unspecified atom stereocenters. The third-order valence-electron chi connectivity index (χ3n) is 4.41. The highest BCUT2D eigenvalue weighted by Gasteiger charge is 2.54. The van der Waals surface area contributed by atoms with E-state index in [1.807, 2.05) is 0 Å². The molecule has 0 bridgehead atoms. The van der Waals surface area contributed by atoms with Crippen molar-refractivity contribution in [2.24, 2.45) is 11.3 Å². The van der Waals surface area contributed by atoms with Crippen LogP contribution >= 0.6 is 0 Å². The lowest BCUT2D eigenvalue weighted by Gasteiger charge is -2.60. The molecule has 0 heterocycles. The Labute approximate surface area is 83.3 Å². The molecule has 1 fully saturated rings. The van der Waals surface area contributed by atoms with E-state index in [0.29, 0.717) is 11.0 Å². The highest BCUT2D eigenvalue weighted by atomic mass is 15.0. The fourth-order valence-corrected chi connectivity index (χ4v) is 2.38. The van der Waals surface area contributed by atoms with E-state index in [4.69, 9.17) is 0 Å². The summed E-state index contributed by atoms with van der Waals surface area (Å²) in [4.78, 5) is 0. The van der Waals surface area contributed by atoms with Crippen molar-refractivity contribution < 1.29 is 0 Å². The molecule has 1 saturated carbocycles. The maximum absolute atomic E-state index is 3.72. The van der Waals surface area contributed by atoms with Crippen LogP contribution < -0.4 is 5.32 Å². The lowest BCUT2D eigenvalue weighted by atomic mass is 9.51. The SMILES string of the molecule is CCCCNC1(C)CC(C)C1(C)C. The van der Waals surface area contributed by atoms with Gasteiger partial charge in [0, 0.05) is 5.54 Å². The normalized spacial score (nSPS) is 37.2. The molecule has 0 amide bonds. The molecule has 78 valence electrons. The molecule has 0 aromatic carbocycles. The summed E-state index contributed by atoms with van der Waals surface area (Å²) in [7, 11) is 0. The Hall–Kier alpha value is -0.0400. The van der Waals surface area contributed by atoms with Crippen LogP contribution in [0, 0.1) is 11.3 Å². The largest absolute Gasteiger partial charge is 0.311 e. The summed E-state index contributed by atoms with van der Waals surface area (Å²) >= 11 is 0. The quantitative estimate of drug-likeness (QED) is 0.660. The van der Waals surface area contributed by atoms with Crippen LogP contribution in [-0.2, 0) is 0 Å². The van der Waals surface area contributed by atoms with Crippen LogP contribution in [0.4, 0.5) is 0 Å². The molecule has 1 heteroatoms. The van der Waals surface area contributed by atoms with Gasteiger partial charge >= 0.3 is 0 Å². The molecule has 1 nitrogen and oxygen atoms in total. The molecule has 0 aliphatic heterocycles. The minimum Gasteiger partial charge on any atom is -0.311 e. The molecule has 1 N–H and O–H groups in total. The lowest BCUT2D eigenvalue weighted by molar-refractivity contribution is -0.0513. The van der Waals surface area contributed by atoms with Crippen molar-refractivity contribution in [3.8, 4) is 0 Å². The van der Waals surface area contributed by atoms with Gasteiger partial charge in [-0.05, 0) is 37.6 Å². The van der Waals surface area contributed by atoms with Gasteiger partial charge in [0.2, 0.25) is 0 Å². The molecule has 13 heavy (non-hydrogen) atoms. The van der Waals surface area contributed by atoms with E-state index in [1.54, 1.807) is 0 Å². The van der Waals surface area contributed by atoms with Crippen LogP contribution in [0.3, 0.4) is 0 Å². The zero-order valence-corrected chi connectivity index (χ0v) is 9.91. The van der Waals surface area contributed by atoms with Gasteiger partial charge in [-0.15, -0.1) is 0 Å². The maximum atomic E-state index is 3.72. The first-order valence-electron chi connectivity index (χ1n) is 5.69. The molecule has 0 aromatic heterocycles. The van der Waals surface area contributed by atoms with Gasteiger partial charge < -0.3 is 5.32 Å². The van der Waals surface area contributed by atoms with Crippen molar-refractivity contribution in [2.75, 3.05) is 6.54 Å². The predicted octanol–water partition coefficient (Wildman–Crippen LogP) is 3.20. The van der Waals surface area contributed by atoms with Crippen molar-refractivity contribution in [1.82, 2.24) is 5.32 Å². The monoisotopic (exact) mass is 183 g/mol. The molecule has 0 saturated heterocycles. The van der Waals surface area contributed by atoms with E-state index < -0.39 is 0 Å². The zero-order chi connectivity index (χ0) is 10.1. The number of unbranched alkanes of at least 4 members (excludes halogenated alkanes) is 1. The third-order valence-corrected chi connectivity index (χ3v) is 4.41. The molecule has 1 rings (SSSR count). The number of hydrogen-bond acceptors (Lipinski definition) is 1. The number of hydrogen-bond donors (Lipinski definition) is 1. The summed E-state index contributed by atoms with van der Waals surface area (Å²) in [6, 6.07) is 0. The van der Waals surface area contributed by atoms with Gasteiger partial charge in [0.15, 0.2) is 0 Å². The fourth-order valence-electron chi connectivity index (χ4n) is 2.38. The maximum Gasteiger partial charge on any atom is 0.0209 e. The Bertz CT molecular complexity index is 174. The zero-order valence-electron chi connectivity index (χ0n) is 9.91. The van der Waals surface area contributed by atoms with Gasteiger partial charge in [-0.3, -0.25) is 0 Å². The van der Waals surface area contributed by atoms with Crippen LogP contribution in [0.15, 0.2) is 0 Å². The third kappa shape index (κ3) is 1.76. The Balaban J connectivity index is 2.40. The van der Waals surface area contributed by atoms with Gasteiger partial charge in [0.05, 0.1) is 0 Å². The van der Waals surface area contributed by atoms with Crippen molar-refractivity contribution in [3.05, 3.63) is 0 Å². The lowest BCUT2D eigenvalue weighted by Crippen LogP contribution is -2.65. The van der Waals surface area contributed by atoms with Crippen LogP contribution in [0.1, 0.15) is 53.9 Å². The highest BCUT2D eigenvalue weighted by Crippen LogP contribution is 2.53. The minimum atomic E-state index is 0.390. The van der Waals surface area contributed by atoms with E-state index in [2.05, 4.69) is 39.9 Å². The van der Waals surface area contributed by atoms with Gasteiger partial charge in [-0.25, -0.2) is 0 Å². The summed E-state index contributed by atoms with van der Waals surface area (Å²) in [5.74, 6) is 0.867. The Morgan fingerprint density at radius 1 is 1.31 bits per heavy atom. The molecule has 0 aromatic rings. The average molecular weight is 183 g/mol. The Morgan fingerprint density at radius 3 is 2.31 bits per heavy atom. The summed E-state index contributed by atoms with van der Waals surface area (Å²) in [5, 5.41) is 3.72. The van der Waals surface area contributed by atoms with Crippen molar-refractivity contribution >= 4 is 0 Å². The van der Waals surface area contributed by atoms with Crippen LogP contribution in [0.5, 0.6) is 0 Å². The van der Waals surface area contributed by atoms with Crippen LogP contribution in [0.2, 0.25) is 0 Å². The van der Waals surface area contributed by atoms with Crippen LogP contribution in [-0.4, -0.2) is 12.1 Å². The van der Waals surface area contributed by atoms with Crippen LogP contribution in [0.25, 0.3) is 0 Å². The summed E-state index contributed by atoms with van der Waals surface area (Å²) in [6.45, 7) is 13.0. The summed E-state index contributed by atoms with van der Waals surface area (Å²) in [5.41, 5.74) is 0.863. The number of rotatable bonds is 4. The smallest absolute Gasteiger partial charge is 0.0209 e. The molecule has 2 atom stereocenters. The molecular weight excluding hydrogens is 158 g/mol. The standard InChI is InChI=1S/C12H25N/c1-6-7-8-13-12(5)9-10(2)11(12,3)4/h10,13H,6-9H2,1-5H3. The molecule has 0 radical (unpaired) electrons. The second-order valence-corrected chi connectivity index (χ2v) is 5.44. The topological polar surface area (TPSA) is 12.0 Å². The fraction of sp³-hybridized carbons (Fsp3) is 1.00.